The lowest BCUT2D eigenvalue weighted by molar-refractivity contribution is 0.282. The summed E-state index contributed by atoms with van der Waals surface area (Å²) in [6.07, 6.45) is 35.5. The van der Waals surface area contributed by atoms with Crippen molar-refractivity contribution in [3.8, 4) is 0 Å². The molecule has 1 nitrogen and oxygen atoms in total. The summed E-state index contributed by atoms with van der Waals surface area (Å²) in [6.45, 7) is 5.14. The fraction of sp³-hybridized carbons (Fsp3) is 1.00. The Kier molecular flexibility index (Phi) is 27.0. The van der Waals surface area contributed by atoms with Crippen molar-refractivity contribution < 1.29 is 5.11 Å². The first-order valence-electron chi connectivity index (χ1n) is 14.4. The van der Waals surface area contributed by atoms with E-state index in [2.05, 4.69) is 13.8 Å². The van der Waals surface area contributed by atoms with Crippen molar-refractivity contribution in [1.82, 2.24) is 0 Å². The highest BCUT2D eigenvalue weighted by Crippen LogP contribution is 2.19. The summed E-state index contributed by atoms with van der Waals surface area (Å²) in [7, 11) is 0. The molecule has 0 aromatic carbocycles. The summed E-state index contributed by atoms with van der Waals surface area (Å²) >= 11 is 0. The Hall–Kier alpha value is -0.0400. The molecule has 0 aliphatic heterocycles. The molecular weight excluding hydrogens is 364 g/mol. The number of aliphatic hydroxyl groups excluding tert-OH is 1. The van der Waals surface area contributed by atoms with E-state index in [1.807, 2.05) is 0 Å². The maximum atomic E-state index is 8.78. The highest BCUT2D eigenvalue weighted by atomic mass is 16.2. The molecule has 0 aromatic rings. The molecular formula is C29H60O. The number of hydrogen-bond donors (Lipinski definition) is 1. The number of unbranched alkanes of at least 4 members (excludes halogenated alkanes) is 21. The summed E-state index contributed by atoms with van der Waals surface area (Å²) < 4.78 is 0. The summed E-state index contributed by atoms with van der Waals surface area (Å²) in [4.78, 5) is 0. The Morgan fingerprint density at radius 2 is 0.667 bits per heavy atom. The highest BCUT2D eigenvalue weighted by molar-refractivity contribution is 4.56. The van der Waals surface area contributed by atoms with Gasteiger partial charge in [-0.25, -0.2) is 0 Å². The smallest absolute Gasteiger partial charge is 0.0431 e. The molecule has 0 saturated carbocycles. The van der Waals surface area contributed by atoms with Crippen LogP contribution in [0.15, 0.2) is 0 Å². The molecule has 0 radical (unpaired) electrons. The first-order valence-corrected chi connectivity index (χ1v) is 14.4. The molecule has 0 aliphatic rings. The molecule has 0 spiro atoms. The zero-order valence-electron chi connectivity index (χ0n) is 21.4. The van der Waals surface area contributed by atoms with Crippen LogP contribution in [0.4, 0.5) is 0 Å². The third kappa shape index (κ3) is 26.0. The molecule has 0 fully saturated rings. The summed E-state index contributed by atoms with van der Waals surface area (Å²) in [6, 6.07) is 0. The Morgan fingerprint density at radius 3 is 0.967 bits per heavy atom. The third-order valence-corrected chi connectivity index (χ3v) is 6.91. The largest absolute Gasteiger partial charge is 0.396 e. The lowest BCUT2D eigenvalue weighted by Gasteiger charge is -2.11. The van der Waals surface area contributed by atoms with Crippen molar-refractivity contribution in [1.29, 1.82) is 0 Å². The second-order valence-electron chi connectivity index (χ2n) is 10.2. The third-order valence-electron chi connectivity index (χ3n) is 6.91. The van der Waals surface area contributed by atoms with Gasteiger partial charge in [0.1, 0.15) is 0 Å². The molecule has 182 valence electrons. The SMILES string of the molecule is CCCCCCCCCCCCCCCCCCC(C)CCCCCCCCCO. The molecule has 0 heterocycles. The van der Waals surface area contributed by atoms with Gasteiger partial charge in [-0.15, -0.1) is 0 Å². The predicted molar refractivity (Wildman–Crippen MR) is 137 cm³/mol. The maximum absolute atomic E-state index is 8.78. The minimum atomic E-state index is 0.372. The summed E-state index contributed by atoms with van der Waals surface area (Å²) in [5, 5.41) is 8.78. The lowest BCUT2D eigenvalue weighted by atomic mass is 9.95. The van der Waals surface area contributed by atoms with Crippen molar-refractivity contribution in [3.63, 3.8) is 0 Å². The van der Waals surface area contributed by atoms with Gasteiger partial charge in [-0.05, 0) is 12.3 Å². The molecule has 0 aliphatic carbocycles. The normalized spacial score (nSPS) is 12.5. The van der Waals surface area contributed by atoms with E-state index in [-0.39, 0.29) is 0 Å². The van der Waals surface area contributed by atoms with Gasteiger partial charge >= 0.3 is 0 Å². The van der Waals surface area contributed by atoms with Crippen LogP contribution < -0.4 is 0 Å². The van der Waals surface area contributed by atoms with E-state index in [1.54, 1.807) is 0 Å². The Morgan fingerprint density at radius 1 is 0.400 bits per heavy atom. The van der Waals surface area contributed by atoms with E-state index < -0.39 is 0 Å². The summed E-state index contributed by atoms with van der Waals surface area (Å²) in [5.74, 6) is 0.936. The van der Waals surface area contributed by atoms with Gasteiger partial charge < -0.3 is 5.11 Å². The minimum absolute atomic E-state index is 0.372. The van der Waals surface area contributed by atoms with Gasteiger partial charge in [0, 0.05) is 6.61 Å². The van der Waals surface area contributed by atoms with Crippen LogP contribution in [-0.4, -0.2) is 11.7 Å². The fourth-order valence-corrected chi connectivity index (χ4v) is 4.67. The highest BCUT2D eigenvalue weighted by Gasteiger charge is 2.02. The Balaban J connectivity index is 3.11. The van der Waals surface area contributed by atoms with Gasteiger partial charge in [0.2, 0.25) is 0 Å². The molecule has 1 atom stereocenters. The Labute approximate surface area is 192 Å². The first kappa shape index (κ1) is 30.0. The number of aliphatic hydroxyl groups is 1. The average Bonchev–Trinajstić information content (AvgIpc) is 2.75. The molecule has 0 saturated heterocycles. The van der Waals surface area contributed by atoms with Crippen LogP contribution in [0.2, 0.25) is 0 Å². The minimum Gasteiger partial charge on any atom is -0.396 e. The van der Waals surface area contributed by atoms with Gasteiger partial charge in [0.05, 0.1) is 0 Å². The topological polar surface area (TPSA) is 20.2 Å². The van der Waals surface area contributed by atoms with E-state index >= 15 is 0 Å². The van der Waals surface area contributed by atoms with Crippen LogP contribution in [0.3, 0.4) is 0 Å². The zero-order chi connectivity index (χ0) is 22.0. The van der Waals surface area contributed by atoms with Gasteiger partial charge in [0.15, 0.2) is 0 Å². The lowest BCUT2D eigenvalue weighted by Crippen LogP contribution is -1.95. The van der Waals surface area contributed by atoms with Crippen LogP contribution >= 0.6 is 0 Å². The molecule has 1 unspecified atom stereocenters. The maximum Gasteiger partial charge on any atom is 0.0431 e. The zero-order valence-corrected chi connectivity index (χ0v) is 21.4. The van der Waals surface area contributed by atoms with Gasteiger partial charge in [-0.3, -0.25) is 0 Å². The van der Waals surface area contributed by atoms with E-state index in [9.17, 15) is 0 Å². The van der Waals surface area contributed by atoms with Gasteiger partial charge in [-0.1, -0.05) is 168 Å². The van der Waals surface area contributed by atoms with Crippen LogP contribution in [0, 0.1) is 5.92 Å². The Bertz CT molecular complexity index is 288. The van der Waals surface area contributed by atoms with Crippen LogP contribution in [0.5, 0.6) is 0 Å². The molecule has 0 rings (SSSR count). The predicted octanol–water partition coefficient (Wildman–Crippen LogP) is 10.4. The van der Waals surface area contributed by atoms with Crippen LogP contribution in [-0.2, 0) is 0 Å². The second-order valence-corrected chi connectivity index (χ2v) is 10.2. The van der Waals surface area contributed by atoms with Crippen molar-refractivity contribution in [2.75, 3.05) is 6.61 Å². The van der Waals surface area contributed by atoms with E-state index in [0.717, 1.165) is 12.3 Å². The molecule has 1 heteroatoms. The molecule has 0 bridgehead atoms. The van der Waals surface area contributed by atoms with Gasteiger partial charge in [-0.2, -0.15) is 0 Å². The van der Waals surface area contributed by atoms with E-state index in [0.29, 0.717) is 6.61 Å². The quantitative estimate of drug-likeness (QED) is 0.137. The van der Waals surface area contributed by atoms with Crippen molar-refractivity contribution in [2.24, 2.45) is 5.92 Å². The summed E-state index contributed by atoms with van der Waals surface area (Å²) in [5.41, 5.74) is 0. The van der Waals surface area contributed by atoms with Crippen molar-refractivity contribution in [3.05, 3.63) is 0 Å². The van der Waals surface area contributed by atoms with Crippen LogP contribution in [0.1, 0.15) is 174 Å². The van der Waals surface area contributed by atoms with Crippen molar-refractivity contribution in [2.45, 2.75) is 174 Å². The fourth-order valence-electron chi connectivity index (χ4n) is 4.67. The molecule has 1 N–H and O–H groups in total. The van der Waals surface area contributed by atoms with Gasteiger partial charge in [0.25, 0.3) is 0 Å². The van der Waals surface area contributed by atoms with E-state index in [1.165, 1.54) is 154 Å². The second kappa shape index (κ2) is 27.0. The van der Waals surface area contributed by atoms with Crippen LogP contribution in [0.25, 0.3) is 0 Å². The average molecular weight is 425 g/mol. The monoisotopic (exact) mass is 424 g/mol. The molecule has 30 heavy (non-hydrogen) atoms. The number of hydrogen-bond acceptors (Lipinski definition) is 1. The molecule has 0 amide bonds. The molecule has 0 aromatic heterocycles. The standard InChI is InChI=1S/C29H60O/c1-3-4-5-6-7-8-9-10-11-12-13-14-15-17-20-23-26-29(2)27-24-21-18-16-19-22-25-28-30/h29-30H,3-28H2,1-2H3. The number of rotatable bonds is 26. The van der Waals surface area contributed by atoms with Crippen molar-refractivity contribution >= 4 is 0 Å². The van der Waals surface area contributed by atoms with E-state index in [4.69, 9.17) is 5.11 Å². The first-order chi connectivity index (χ1) is 14.8.